The van der Waals surface area contributed by atoms with E-state index in [2.05, 4.69) is 28.1 Å². The van der Waals surface area contributed by atoms with Gasteiger partial charge in [0.2, 0.25) is 17.7 Å². The second-order valence-electron chi connectivity index (χ2n) is 12.3. The van der Waals surface area contributed by atoms with Crippen molar-refractivity contribution < 1.29 is 28.7 Å². The van der Waals surface area contributed by atoms with Crippen molar-refractivity contribution in [1.29, 1.82) is 0 Å². The van der Waals surface area contributed by atoms with Gasteiger partial charge < -0.3 is 30.3 Å². The molecule has 0 radical (unpaired) electrons. The summed E-state index contributed by atoms with van der Waals surface area (Å²) >= 11 is 0. The molecule has 48 heavy (non-hydrogen) atoms. The Morgan fingerprint density at radius 2 is 1.65 bits per heavy atom. The van der Waals surface area contributed by atoms with Crippen LogP contribution in [0.5, 0.6) is 11.5 Å². The number of hydrogen-bond donors (Lipinski definition) is 3. The Hall–Kier alpha value is -4.86. The van der Waals surface area contributed by atoms with Gasteiger partial charge in [-0.25, -0.2) is 0 Å². The second kappa shape index (κ2) is 17.3. The summed E-state index contributed by atoms with van der Waals surface area (Å²) in [5.74, 6) is -0.232. The third-order valence-corrected chi connectivity index (χ3v) is 9.00. The maximum Gasteiger partial charge on any atom is 0.255 e. The number of rotatable bonds is 9. The molecule has 0 spiro atoms. The van der Waals surface area contributed by atoms with Gasteiger partial charge >= 0.3 is 0 Å². The van der Waals surface area contributed by atoms with E-state index in [1.54, 1.807) is 29.2 Å². The molecule has 5 rings (SSSR count). The van der Waals surface area contributed by atoms with Gasteiger partial charge in [-0.3, -0.25) is 19.2 Å². The number of nitrogens with zero attached hydrogens (tertiary/aromatic N) is 1. The van der Waals surface area contributed by atoms with Gasteiger partial charge in [-0.15, -0.1) is 0 Å². The van der Waals surface area contributed by atoms with E-state index < -0.39 is 29.8 Å². The molecule has 254 valence electrons. The zero-order chi connectivity index (χ0) is 33.7. The molecule has 4 amide bonds. The Morgan fingerprint density at radius 3 is 2.40 bits per heavy atom. The highest BCUT2D eigenvalue weighted by Gasteiger charge is 2.30. The molecule has 1 aliphatic heterocycles. The number of likely N-dealkylation sites (N-methyl/N-ethyl adjacent to an activating group) is 1. The van der Waals surface area contributed by atoms with E-state index in [-0.39, 0.29) is 50.6 Å². The van der Waals surface area contributed by atoms with Crippen LogP contribution in [-0.2, 0) is 20.8 Å². The summed E-state index contributed by atoms with van der Waals surface area (Å²) in [6.07, 6.45) is 6.21. The lowest BCUT2D eigenvalue weighted by molar-refractivity contribution is -0.137. The molecule has 3 aromatic rings. The lowest BCUT2D eigenvalue weighted by Crippen LogP contribution is -2.54. The average molecular weight is 655 g/mol. The first-order valence-electron chi connectivity index (χ1n) is 17.1. The zero-order valence-electron chi connectivity index (χ0n) is 27.6. The zero-order valence-corrected chi connectivity index (χ0v) is 27.6. The molecular weight excluding hydrogens is 608 g/mol. The molecule has 1 heterocycles. The molecule has 1 aliphatic carbocycles. The van der Waals surface area contributed by atoms with E-state index in [1.807, 2.05) is 49.4 Å². The van der Waals surface area contributed by atoms with E-state index in [4.69, 9.17) is 9.47 Å². The van der Waals surface area contributed by atoms with Crippen LogP contribution in [0.3, 0.4) is 0 Å². The number of fused-ring (bicyclic) bond motifs is 1. The minimum Gasteiger partial charge on any atom is -0.492 e. The van der Waals surface area contributed by atoms with E-state index in [1.165, 1.54) is 37.7 Å². The van der Waals surface area contributed by atoms with Crippen LogP contribution in [-0.4, -0.2) is 73.5 Å². The van der Waals surface area contributed by atoms with Gasteiger partial charge in [0.1, 0.15) is 36.8 Å². The number of benzene rings is 3. The van der Waals surface area contributed by atoms with Crippen molar-refractivity contribution >= 4 is 23.6 Å². The van der Waals surface area contributed by atoms with Crippen molar-refractivity contribution in [3.8, 4) is 11.5 Å². The fourth-order valence-corrected chi connectivity index (χ4v) is 6.36. The number of para-hydroxylation sites is 1. The summed E-state index contributed by atoms with van der Waals surface area (Å²) < 4.78 is 11.8. The first-order chi connectivity index (χ1) is 23.4. The van der Waals surface area contributed by atoms with E-state index >= 15 is 0 Å². The summed E-state index contributed by atoms with van der Waals surface area (Å²) in [5, 5.41) is 8.36. The van der Waals surface area contributed by atoms with Crippen molar-refractivity contribution in [2.24, 2.45) is 0 Å². The molecule has 3 aromatic carbocycles. The highest BCUT2D eigenvalue weighted by molar-refractivity contribution is 6.01. The van der Waals surface area contributed by atoms with Crippen LogP contribution in [0, 0.1) is 0 Å². The lowest BCUT2D eigenvalue weighted by Gasteiger charge is -2.28. The largest absolute Gasteiger partial charge is 0.492 e. The van der Waals surface area contributed by atoms with Gasteiger partial charge in [-0.1, -0.05) is 73.9 Å². The minimum atomic E-state index is -1.21. The second-order valence-corrected chi connectivity index (χ2v) is 12.3. The van der Waals surface area contributed by atoms with Crippen molar-refractivity contribution in [3.05, 3.63) is 95.6 Å². The molecular formula is C38H46N4O6. The summed E-state index contributed by atoms with van der Waals surface area (Å²) in [5.41, 5.74) is 2.44. The molecule has 0 saturated heterocycles. The number of carbonyl (C=O) groups excluding carboxylic acids is 4. The van der Waals surface area contributed by atoms with Gasteiger partial charge in [0.05, 0.1) is 25.1 Å². The van der Waals surface area contributed by atoms with E-state index in [0.717, 1.165) is 5.56 Å². The third kappa shape index (κ3) is 9.59. The average Bonchev–Trinajstić information content (AvgIpc) is 3.12. The topological polar surface area (TPSA) is 126 Å². The third-order valence-electron chi connectivity index (χ3n) is 9.00. The maximum atomic E-state index is 13.7. The normalized spacial score (nSPS) is 19.6. The predicted octanol–water partition coefficient (Wildman–Crippen LogP) is 4.39. The molecule has 0 aromatic heterocycles. The number of carbonyl (C=O) groups is 4. The molecule has 2 atom stereocenters. The molecule has 1 saturated carbocycles. The molecule has 0 unspecified atom stereocenters. The van der Waals surface area contributed by atoms with Crippen molar-refractivity contribution in [2.45, 2.75) is 69.9 Å². The summed E-state index contributed by atoms with van der Waals surface area (Å²) in [6.45, 7) is 3.05. The fraction of sp³-hybridized carbons (Fsp3) is 0.421. The van der Waals surface area contributed by atoms with E-state index in [9.17, 15) is 19.2 Å². The van der Waals surface area contributed by atoms with Crippen molar-refractivity contribution in [1.82, 2.24) is 20.9 Å². The quantitative estimate of drug-likeness (QED) is 0.294. The number of hydrogen-bond acceptors (Lipinski definition) is 6. The summed E-state index contributed by atoms with van der Waals surface area (Å²) in [6, 6.07) is 22.2. The van der Waals surface area contributed by atoms with Crippen LogP contribution in [0.1, 0.15) is 72.9 Å². The van der Waals surface area contributed by atoms with Crippen LogP contribution < -0.4 is 25.4 Å². The van der Waals surface area contributed by atoms with Gasteiger partial charge in [0.15, 0.2) is 0 Å². The molecule has 10 heteroatoms. The Morgan fingerprint density at radius 1 is 0.917 bits per heavy atom. The molecule has 2 aliphatic rings. The monoisotopic (exact) mass is 654 g/mol. The van der Waals surface area contributed by atoms with Crippen LogP contribution in [0.15, 0.2) is 78.9 Å². The first-order valence-corrected chi connectivity index (χ1v) is 17.1. The molecule has 10 nitrogen and oxygen atoms in total. The Bertz CT molecular complexity index is 1520. The first kappa shape index (κ1) is 34.5. The standard InChI is InChI=1S/C38H46N4O6/c1-2-42-22-24-48-34-16-10-9-15-31(34)36(44)41-32(26-35(43)40-33(38(42)46)25-27-11-5-3-6-12-27)37(45)39-21-23-47-30-19-17-29(18-20-30)28-13-7-4-8-14-28/h3,5-6,9-12,15-20,28,32-33H,2,4,7-8,13-14,21-26H2,1H3,(H,39,45)(H,40,43)(H,41,44)/t32-,33+/m0/s1. The summed E-state index contributed by atoms with van der Waals surface area (Å²) in [7, 11) is 0. The van der Waals surface area contributed by atoms with Gasteiger partial charge in [-0.05, 0) is 61.1 Å². The van der Waals surface area contributed by atoms with Crippen molar-refractivity contribution in [3.63, 3.8) is 0 Å². The Kier molecular flexibility index (Phi) is 12.5. The van der Waals surface area contributed by atoms with Crippen LogP contribution in [0.25, 0.3) is 0 Å². The smallest absolute Gasteiger partial charge is 0.255 e. The minimum absolute atomic E-state index is 0.142. The highest BCUT2D eigenvalue weighted by atomic mass is 16.5. The predicted molar refractivity (Wildman–Crippen MR) is 183 cm³/mol. The Balaban J connectivity index is 1.27. The SMILES string of the molecule is CCN1CCOc2ccccc2C(=O)N[C@H](C(=O)NCCOc2ccc(C3CCCCC3)cc2)CC(=O)N[C@H](Cc2ccccc2)C1=O. The van der Waals surface area contributed by atoms with E-state index in [0.29, 0.717) is 24.0 Å². The number of ether oxygens (including phenoxy) is 2. The van der Waals surface area contributed by atoms with Crippen LogP contribution >= 0.6 is 0 Å². The van der Waals surface area contributed by atoms with Crippen molar-refractivity contribution in [2.75, 3.05) is 32.8 Å². The number of nitrogens with one attached hydrogen (secondary N) is 3. The van der Waals surface area contributed by atoms with Gasteiger partial charge in [0, 0.05) is 13.0 Å². The maximum absolute atomic E-state index is 13.7. The molecule has 1 fully saturated rings. The van der Waals surface area contributed by atoms with Crippen LogP contribution in [0.4, 0.5) is 0 Å². The van der Waals surface area contributed by atoms with Gasteiger partial charge in [-0.2, -0.15) is 0 Å². The van der Waals surface area contributed by atoms with Gasteiger partial charge in [0.25, 0.3) is 5.91 Å². The molecule has 0 bridgehead atoms. The molecule has 3 N–H and O–H groups in total. The van der Waals surface area contributed by atoms with Crippen LogP contribution in [0.2, 0.25) is 0 Å². The lowest BCUT2D eigenvalue weighted by atomic mass is 9.84. The fourth-order valence-electron chi connectivity index (χ4n) is 6.36. The number of amides is 4. The Labute approximate surface area is 282 Å². The summed E-state index contributed by atoms with van der Waals surface area (Å²) in [4.78, 5) is 55.6. The highest BCUT2D eigenvalue weighted by Crippen LogP contribution is 2.33.